The van der Waals surface area contributed by atoms with E-state index in [1.807, 2.05) is 13.1 Å². The van der Waals surface area contributed by atoms with E-state index in [-0.39, 0.29) is 10.3 Å². The Morgan fingerprint density at radius 1 is 0.862 bits per heavy atom. The van der Waals surface area contributed by atoms with Crippen molar-refractivity contribution >= 4 is 16.2 Å². The van der Waals surface area contributed by atoms with Crippen LogP contribution in [0, 0.1) is 12.8 Å². The number of rotatable bonds is 4. The molecule has 0 bridgehead atoms. The second-order valence-corrected chi connectivity index (χ2v) is 9.95. The summed E-state index contributed by atoms with van der Waals surface area (Å²) in [6.45, 7) is 1.93. The summed E-state index contributed by atoms with van der Waals surface area (Å²) in [5.41, 5.74) is 5.95. The maximum Gasteiger partial charge on any atom is 0.276 e. The molecule has 1 saturated carbocycles. The van der Waals surface area contributed by atoms with E-state index in [0.29, 0.717) is 17.8 Å². The molecule has 6 rings (SSSR count). The zero-order valence-corrected chi connectivity index (χ0v) is 16.7. The summed E-state index contributed by atoms with van der Waals surface area (Å²) >= 11 is 0. The summed E-state index contributed by atoms with van der Waals surface area (Å²) < 4.78 is 25.4. The van der Waals surface area contributed by atoms with Gasteiger partial charge >= 0.3 is 0 Å². The van der Waals surface area contributed by atoms with Crippen molar-refractivity contribution in [2.45, 2.75) is 29.1 Å². The van der Waals surface area contributed by atoms with Crippen LogP contribution in [0.25, 0.3) is 0 Å². The molecular formula is C24H20N2O2S. The van der Waals surface area contributed by atoms with Crippen molar-refractivity contribution in [1.82, 2.24) is 4.83 Å². The maximum absolute atomic E-state index is 12.7. The lowest BCUT2D eigenvalue weighted by atomic mass is 9.76. The normalized spacial score (nSPS) is 28.1. The SMILES string of the molecule is Cc1ccc(S(=O)(=O)N/N=C\C23c4ccccc4[C@@H]4C2[C@@H]4c2ccccc23)cc1. The van der Waals surface area contributed by atoms with Gasteiger partial charge in [0.1, 0.15) is 0 Å². The van der Waals surface area contributed by atoms with Gasteiger partial charge in [0.15, 0.2) is 0 Å². The van der Waals surface area contributed by atoms with Gasteiger partial charge in [0.25, 0.3) is 10.0 Å². The van der Waals surface area contributed by atoms with Crippen LogP contribution in [-0.4, -0.2) is 14.6 Å². The van der Waals surface area contributed by atoms with Gasteiger partial charge in [-0.1, -0.05) is 66.2 Å². The summed E-state index contributed by atoms with van der Waals surface area (Å²) in [6, 6.07) is 23.9. The Kier molecular flexibility index (Phi) is 3.26. The molecule has 0 aliphatic heterocycles. The van der Waals surface area contributed by atoms with Gasteiger partial charge in [-0.3, -0.25) is 0 Å². The van der Waals surface area contributed by atoms with Gasteiger partial charge in [-0.15, -0.1) is 0 Å². The summed E-state index contributed by atoms with van der Waals surface area (Å²) in [5.74, 6) is 1.47. The lowest BCUT2D eigenvalue weighted by molar-refractivity contribution is 0.583. The van der Waals surface area contributed by atoms with Crippen molar-refractivity contribution in [3.63, 3.8) is 0 Å². The fourth-order valence-electron chi connectivity index (χ4n) is 5.68. The molecule has 3 aliphatic rings. The van der Waals surface area contributed by atoms with Crippen LogP contribution < -0.4 is 4.83 Å². The summed E-state index contributed by atoms with van der Waals surface area (Å²) in [4.78, 5) is 2.66. The first-order valence-electron chi connectivity index (χ1n) is 9.85. The topological polar surface area (TPSA) is 58.5 Å². The largest absolute Gasteiger partial charge is 0.276 e. The highest BCUT2D eigenvalue weighted by Gasteiger charge is 2.73. The Hall–Kier alpha value is -2.92. The van der Waals surface area contributed by atoms with E-state index < -0.39 is 10.0 Å². The molecule has 3 aromatic carbocycles. The zero-order chi connectivity index (χ0) is 19.8. The molecule has 29 heavy (non-hydrogen) atoms. The molecule has 3 aliphatic carbocycles. The fourth-order valence-corrected chi connectivity index (χ4v) is 6.47. The number of nitrogens with zero attached hydrogens (tertiary/aromatic N) is 1. The van der Waals surface area contributed by atoms with Crippen LogP contribution in [0.1, 0.15) is 39.7 Å². The number of aryl methyl sites for hydroxylation is 1. The number of hydrogen-bond donors (Lipinski definition) is 1. The Labute approximate surface area is 170 Å². The Bertz CT molecular complexity index is 1220. The molecule has 1 N–H and O–H groups in total. The first kappa shape index (κ1) is 17.0. The van der Waals surface area contributed by atoms with Gasteiger partial charge in [-0.2, -0.15) is 13.5 Å². The molecule has 0 aromatic heterocycles. The van der Waals surface area contributed by atoms with Crippen LogP contribution in [-0.2, 0) is 15.4 Å². The van der Waals surface area contributed by atoms with E-state index in [1.54, 1.807) is 24.3 Å². The molecule has 0 spiro atoms. The number of fused-ring (bicyclic) bond motifs is 7. The first-order chi connectivity index (χ1) is 14.0. The van der Waals surface area contributed by atoms with Gasteiger partial charge in [0.05, 0.1) is 10.3 Å². The lowest BCUT2D eigenvalue weighted by Crippen LogP contribution is -2.30. The first-order valence-corrected chi connectivity index (χ1v) is 11.3. The molecule has 0 radical (unpaired) electrons. The van der Waals surface area contributed by atoms with Gasteiger partial charge in [0.2, 0.25) is 0 Å². The monoisotopic (exact) mass is 400 g/mol. The predicted molar refractivity (Wildman–Crippen MR) is 113 cm³/mol. The van der Waals surface area contributed by atoms with Crippen LogP contribution in [0.5, 0.6) is 0 Å². The molecule has 4 nitrogen and oxygen atoms in total. The molecule has 3 aromatic rings. The van der Waals surface area contributed by atoms with Crippen molar-refractivity contribution < 1.29 is 8.42 Å². The molecule has 1 fully saturated rings. The highest BCUT2D eigenvalue weighted by molar-refractivity contribution is 7.89. The van der Waals surface area contributed by atoms with Gasteiger partial charge in [-0.25, -0.2) is 4.83 Å². The third-order valence-electron chi connectivity index (χ3n) is 6.85. The highest BCUT2D eigenvalue weighted by Crippen LogP contribution is 2.79. The van der Waals surface area contributed by atoms with E-state index >= 15 is 0 Å². The zero-order valence-electron chi connectivity index (χ0n) is 15.9. The number of nitrogens with one attached hydrogen (secondary N) is 1. The highest BCUT2D eigenvalue weighted by atomic mass is 32.2. The maximum atomic E-state index is 12.7. The molecule has 0 saturated heterocycles. The molecule has 2 unspecified atom stereocenters. The molecule has 0 amide bonds. The number of hydrazone groups is 1. The Balaban J connectivity index is 1.42. The van der Waals surface area contributed by atoms with Gasteiger partial charge in [0, 0.05) is 6.21 Å². The van der Waals surface area contributed by atoms with E-state index in [9.17, 15) is 8.42 Å². The quantitative estimate of drug-likeness (QED) is 0.530. The smallest absolute Gasteiger partial charge is 0.200 e. The van der Waals surface area contributed by atoms with Crippen LogP contribution in [0.4, 0.5) is 0 Å². The summed E-state index contributed by atoms with van der Waals surface area (Å²) in [6.07, 6.45) is 1.84. The summed E-state index contributed by atoms with van der Waals surface area (Å²) in [7, 11) is -3.70. The van der Waals surface area contributed by atoms with Gasteiger partial charge < -0.3 is 0 Å². The second kappa shape index (κ2) is 5.57. The van der Waals surface area contributed by atoms with Crippen LogP contribution in [0.3, 0.4) is 0 Å². The Morgan fingerprint density at radius 3 is 2.00 bits per heavy atom. The lowest BCUT2D eigenvalue weighted by Gasteiger charge is -2.26. The Morgan fingerprint density at radius 2 is 1.41 bits per heavy atom. The van der Waals surface area contributed by atoms with Gasteiger partial charge in [-0.05, 0) is 59.1 Å². The van der Waals surface area contributed by atoms with E-state index in [0.717, 1.165) is 5.56 Å². The molecule has 144 valence electrons. The van der Waals surface area contributed by atoms with Crippen molar-refractivity contribution in [3.05, 3.63) is 101 Å². The fraction of sp³-hybridized carbons (Fsp3) is 0.208. The predicted octanol–water partition coefficient (Wildman–Crippen LogP) is 4.07. The van der Waals surface area contributed by atoms with Crippen molar-refractivity contribution in [3.8, 4) is 0 Å². The minimum atomic E-state index is -3.70. The van der Waals surface area contributed by atoms with Crippen LogP contribution in [0.15, 0.2) is 82.8 Å². The number of hydrogen-bond acceptors (Lipinski definition) is 3. The minimum absolute atomic E-state index is 0.221. The molecule has 4 atom stereocenters. The second-order valence-electron chi connectivity index (χ2n) is 8.29. The third kappa shape index (κ3) is 2.14. The van der Waals surface area contributed by atoms with Crippen LogP contribution >= 0.6 is 0 Å². The number of benzene rings is 3. The minimum Gasteiger partial charge on any atom is -0.200 e. The molecule has 0 heterocycles. The molecule has 5 heteroatoms. The van der Waals surface area contributed by atoms with Crippen LogP contribution in [0.2, 0.25) is 0 Å². The van der Waals surface area contributed by atoms with Crippen molar-refractivity contribution in [2.24, 2.45) is 11.0 Å². The molecular weight excluding hydrogens is 380 g/mol. The third-order valence-corrected chi connectivity index (χ3v) is 8.09. The average Bonchev–Trinajstić information content (AvgIpc) is 3.34. The van der Waals surface area contributed by atoms with E-state index in [4.69, 9.17) is 0 Å². The van der Waals surface area contributed by atoms with Crippen molar-refractivity contribution in [1.29, 1.82) is 0 Å². The van der Waals surface area contributed by atoms with Crippen molar-refractivity contribution in [2.75, 3.05) is 0 Å². The number of sulfonamides is 1. The standard InChI is InChI=1S/C24H20N2O2S/c1-15-10-12-16(13-11-15)29(27,28)26-25-14-24-19-8-4-2-6-17(19)21-22(23(21)24)18-7-3-5-9-20(18)24/h2-14,21-23,26H,1H3/b25-14-/t21-,22+,23?,24?. The average molecular weight is 401 g/mol. The van der Waals surface area contributed by atoms with E-state index in [1.165, 1.54) is 22.3 Å². The van der Waals surface area contributed by atoms with E-state index in [2.05, 4.69) is 58.5 Å². The summed E-state index contributed by atoms with van der Waals surface area (Å²) in [5, 5.41) is 4.31.